The van der Waals surface area contributed by atoms with Crippen LogP contribution in [0.1, 0.15) is 32.3 Å². The van der Waals surface area contributed by atoms with Crippen molar-refractivity contribution in [1.29, 1.82) is 0 Å². The first-order valence-corrected chi connectivity index (χ1v) is 6.37. The van der Waals surface area contributed by atoms with Crippen molar-refractivity contribution in [2.24, 2.45) is 5.41 Å². The van der Waals surface area contributed by atoms with Crippen LogP contribution >= 0.6 is 11.6 Å². The predicted octanol–water partition coefficient (Wildman–Crippen LogP) is 3.76. The molecule has 1 aromatic rings. The maximum atomic E-state index is 13.1. The molecule has 0 heterocycles. The molecule has 0 bridgehead atoms. The molecular weight excluding hydrogens is 237 g/mol. The zero-order chi connectivity index (χ0) is 12.7. The monoisotopic (exact) mass is 255 g/mol. The fourth-order valence-electron chi connectivity index (χ4n) is 3.45. The Hall–Kier alpha value is -0.600. The van der Waals surface area contributed by atoms with Gasteiger partial charge in [-0.25, -0.2) is 4.39 Å². The lowest BCUT2D eigenvalue weighted by molar-refractivity contribution is 0.0579. The van der Waals surface area contributed by atoms with Crippen molar-refractivity contribution in [3.63, 3.8) is 0 Å². The van der Waals surface area contributed by atoms with E-state index >= 15 is 0 Å². The van der Waals surface area contributed by atoms with Crippen molar-refractivity contribution in [3.8, 4) is 0 Å². The van der Waals surface area contributed by atoms with E-state index in [9.17, 15) is 4.39 Å². The fourth-order valence-corrected chi connectivity index (χ4v) is 3.82. The maximum absolute atomic E-state index is 13.1. The van der Waals surface area contributed by atoms with Gasteiger partial charge in [0.2, 0.25) is 0 Å². The zero-order valence-electron chi connectivity index (χ0n) is 10.6. The van der Waals surface area contributed by atoms with Crippen LogP contribution in [0.25, 0.3) is 0 Å². The zero-order valence-corrected chi connectivity index (χ0v) is 11.4. The summed E-state index contributed by atoms with van der Waals surface area (Å²) in [6.45, 7) is 5.42. The lowest BCUT2D eigenvalue weighted by atomic mass is 9.52. The molecule has 1 aliphatic carbocycles. The van der Waals surface area contributed by atoms with Gasteiger partial charge >= 0.3 is 0 Å². The third-order valence-corrected chi connectivity index (χ3v) is 3.96. The fraction of sp³-hybridized carbons (Fsp3) is 0.571. The molecule has 1 aromatic carbocycles. The lowest BCUT2D eigenvalue weighted by Crippen LogP contribution is -2.52. The highest BCUT2D eigenvalue weighted by Crippen LogP contribution is 2.56. The average molecular weight is 256 g/mol. The molecule has 3 heteroatoms. The molecule has 94 valence electrons. The Labute approximate surface area is 107 Å². The number of hydrogen-bond donors (Lipinski definition) is 1. The number of nitrogens with one attached hydrogen (secondary N) is 1. The predicted molar refractivity (Wildman–Crippen MR) is 70.0 cm³/mol. The first-order valence-electron chi connectivity index (χ1n) is 5.99. The van der Waals surface area contributed by atoms with Crippen molar-refractivity contribution in [3.05, 3.63) is 34.6 Å². The summed E-state index contributed by atoms with van der Waals surface area (Å²) in [6, 6.07) is 4.76. The van der Waals surface area contributed by atoms with E-state index in [-0.39, 0.29) is 11.2 Å². The first-order chi connectivity index (χ1) is 7.88. The van der Waals surface area contributed by atoms with Gasteiger partial charge < -0.3 is 5.32 Å². The Balaban J connectivity index is 2.35. The highest BCUT2D eigenvalue weighted by Gasteiger charge is 2.50. The van der Waals surface area contributed by atoms with Crippen LogP contribution in [0.2, 0.25) is 5.02 Å². The second-order valence-electron chi connectivity index (χ2n) is 5.95. The molecule has 0 aromatic heterocycles. The summed E-state index contributed by atoms with van der Waals surface area (Å²) in [5.74, 6) is -0.267. The highest BCUT2D eigenvalue weighted by molar-refractivity contribution is 6.31. The van der Waals surface area contributed by atoms with E-state index in [0.29, 0.717) is 10.4 Å². The minimum absolute atomic E-state index is 0.0725. The summed E-state index contributed by atoms with van der Waals surface area (Å²) in [6.07, 6.45) is 2.18. The Morgan fingerprint density at radius 3 is 2.47 bits per heavy atom. The normalized spacial score (nSPS) is 21.0. The van der Waals surface area contributed by atoms with Crippen molar-refractivity contribution in [1.82, 2.24) is 5.32 Å². The van der Waals surface area contributed by atoms with E-state index in [2.05, 4.69) is 19.2 Å². The van der Waals surface area contributed by atoms with Crippen molar-refractivity contribution < 1.29 is 4.39 Å². The highest BCUT2D eigenvalue weighted by atomic mass is 35.5. The Morgan fingerprint density at radius 2 is 2.00 bits per heavy atom. The summed E-state index contributed by atoms with van der Waals surface area (Å²) < 4.78 is 13.1. The summed E-state index contributed by atoms with van der Waals surface area (Å²) in [5, 5.41) is 3.79. The molecule has 0 radical (unpaired) electrons. The molecule has 2 rings (SSSR count). The molecule has 0 atom stereocenters. The molecule has 1 saturated carbocycles. The number of rotatable bonds is 3. The van der Waals surface area contributed by atoms with Gasteiger partial charge in [-0.15, -0.1) is 0 Å². The summed E-state index contributed by atoms with van der Waals surface area (Å²) in [5.41, 5.74) is 1.51. The minimum Gasteiger partial charge on any atom is -0.319 e. The third kappa shape index (κ3) is 2.34. The topological polar surface area (TPSA) is 12.0 Å². The Bertz CT molecular complexity index is 420. The van der Waals surface area contributed by atoms with Crippen LogP contribution in [0.4, 0.5) is 4.39 Å². The van der Waals surface area contributed by atoms with Crippen LogP contribution in [-0.2, 0) is 5.41 Å². The van der Waals surface area contributed by atoms with Crippen LogP contribution in [0.5, 0.6) is 0 Å². The van der Waals surface area contributed by atoms with E-state index in [1.54, 1.807) is 0 Å². The second-order valence-corrected chi connectivity index (χ2v) is 6.36. The average Bonchev–Trinajstić information content (AvgIpc) is 2.14. The van der Waals surface area contributed by atoms with Gasteiger partial charge in [0.25, 0.3) is 0 Å². The molecule has 0 aliphatic heterocycles. The molecular formula is C14H19ClFN. The number of hydrogen-bond acceptors (Lipinski definition) is 1. The van der Waals surface area contributed by atoms with E-state index in [1.165, 1.54) is 12.1 Å². The number of halogens is 2. The van der Waals surface area contributed by atoms with Crippen molar-refractivity contribution in [2.75, 3.05) is 13.6 Å². The van der Waals surface area contributed by atoms with Crippen LogP contribution in [0, 0.1) is 11.2 Å². The Kier molecular flexibility index (Phi) is 3.21. The maximum Gasteiger partial charge on any atom is 0.124 e. The van der Waals surface area contributed by atoms with E-state index in [0.717, 1.165) is 24.9 Å². The SMILES string of the molecule is CNCC1(c2ccc(F)cc2Cl)CC(C)(C)C1. The molecule has 1 N–H and O–H groups in total. The van der Waals surface area contributed by atoms with Crippen LogP contribution in [0.3, 0.4) is 0 Å². The molecule has 1 aliphatic rings. The minimum atomic E-state index is -0.267. The molecule has 0 saturated heterocycles. The molecule has 0 spiro atoms. The van der Waals surface area contributed by atoms with Gasteiger partial charge in [0.05, 0.1) is 0 Å². The Morgan fingerprint density at radius 1 is 1.35 bits per heavy atom. The van der Waals surface area contributed by atoms with Crippen LogP contribution in [-0.4, -0.2) is 13.6 Å². The summed E-state index contributed by atoms with van der Waals surface area (Å²) in [7, 11) is 1.95. The first kappa shape index (κ1) is 12.8. The quantitative estimate of drug-likeness (QED) is 0.867. The van der Waals surface area contributed by atoms with Gasteiger partial charge in [0.1, 0.15) is 5.82 Å². The molecule has 17 heavy (non-hydrogen) atoms. The van der Waals surface area contributed by atoms with E-state index < -0.39 is 0 Å². The van der Waals surface area contributed by atoms with Gasteiger partial charge in [-0.05, 0) is 43.0 Å². The summed E-state index contributed by atoms with van der Waals surface area (Å²) >= 11 is 6.19. The van der Waals surface area contributed by atoms with Crippen molar-refractivity contribution in [2.45, 2.75) is 32.1 Å². The lowest BCUT2D eigenvalue weighted by Gasteiger charge is -2.54. The molecule has 1 nitrogen and oxygen atoms in total. The van der Waals surface area contributed by atoms with Gasteiger partial charge in [-0.2, -0.15) is 0 Å². The van der Waals surface area contributed by atoms with Gasteiger partial charge in [-0.3, -0.25) is 0 Å². The molecule has 0 amide bonds. The van der Waals surface area contributed by atoms with Gasteiger partial charge in [0.15, 0.2) is 0 Å². The van der Waals surface area contributed by atoms with Crippen LogP contribution < -0.4 is 5.32 Å². The molecule has 1 fully saturated rings. The van der Waals surface area contributed by atoms with Crippen molar-refractivity contribution >= 4 is 11.6 Å². The smallest absolute Gasteiger partial charge is 0.124 e. The van der Waals surface area contributed by atoms with Gasteiger partial charge in [0, 0.05) is 17.0 Å². The largest absolute Gasteiger partial charge is 0.319 e. The van der Waals surface area contributed by atoms with Gasteiger partial charge in [-0.1, -0.05) is 31.5 Å². The third-order valence-electron chi connectivity index (χ3n) is 3.65. The van der Waals surface area contributed by atoms with E-state index in [1.807, 2.05) is 13.1 Å². The van der Waals surface area contributed by atoms with Crippen LogP contribution in [0.15, 0.2) is 18.2 Å². The van der Waals surface area contributed by atoms with E-state index in [4.69, 9.17) is 11.6 Å². The summed E-state index contributed by atoms with van der Waals surface area (Å²) in [4.78, 5) is 0. The second kappa shape index (κ2) is 4.25. The number of likely N-dealkylation sites (N-methyl/N-ethyl adjacent to an activating group) is 1. The molecule has 0 unspecified atom stereocenters. The number of benzene rings is 1. The standard InChI is InChI=1S/C14H19ClFN/c1-13(2)7-14(8-13,9-17-3)11-5-4-10(16)6-12(11)15/h4-6,17H,7-9H2,1-3H3.